The number of hydrogen-bond acceptors (Lipinski definition) is 6. The van der Waals surface area contributed by atoms with E-state index in [1.807, 2.05) is 13.2 Å². The molecule has 1 amide bonds. The van der Waals surface area contributed by atoms with Crippen LogP contribution in [0.25, 0.3) is 0 Å². The van der Waals surface area contributed by atoms with Crippen LogP contribution >= 0.6 is 11.8 Å². The van der Waals surface area contributed by atoms with Gasteiger partial charge in [-0.05, 0) is 48.6 Å². The monoisotopic (exact) mass is 456 g/mol. The molecule has 0 saturated carbocycles. The highest BCUT2D eigenvalue weighted by atomic mass is 32.2. The SMILES string of the molecule is CC[C@@H](NS(=O)(=O)c1ccc(SC)c(NC(C)=O)c1)c1ccc(S(C)(=O)=O)cc1. The van der Waals surface area contributed by atoms with Crippen molar-refractivity contribution in [3.05, 3.63) is 48.0 Å². The van der Waals surface area contributed by atoms with Crippen molar-refractivity contribution in [2.24, 2.45) is 0 Å². The van der Waals surface area contributed by atoms with Gasteiger partial charge in [-0.3, -0.25) is 4.79 Å². The number of carbonyl (C=O) groups is 1. The van der Waals surface area contributed by atoms with Crippen LogP contribution in [0.3, 0.4) is 0 Å². The summed E-state index contributed by atoms with van der Waals surface area (Å²) >= 11 is 1.40. The lowest BCUT2D eigenvalue weighted by atomic mass is 10.1. The van der Waals surface area contributed by atoms with Gasteiger partial charge in [0.25, 0.3) is 0 Å². The lowest BCUT2D eigenvalue weighted by molar-refractivity contribution is -0.114. The Morgan fingerprint density at radius 2 is 1.62 bits per heavy atom. The topological polar surface area (TPSA) is 109 Å². The third-order valence-corrected chi connectivity index (χ3v) is 7.60. The van der Waals surface area contributed by atoms with Gasteiger partial charge in [0, 0.05) is 24.1 Å². The molecule has 0 aliphatic carbocycles. The van der Waals surface area contributed by atoms with Crippen molar-refractivity contribution in [2.45, 2.75) is 41.0 Å². The minimum atomic E-state index is -3.87. The Kier molecular flexibility index (Phi) is 7.50. The zero-order valence-corrected chi connectivity index (χ0v) is 19.0. The largest absolute Gasteiger partial charge is 0.325 e. The summed E-state index contributed by atoms with van der Waals surface area (Å²) in [5.41, 5.74) is 1.09. The average molecular weight is 457 g/mol. The molecule has 1 atom stereocenters. The van der Waals surface area contributed by atoms with Crippen LogP contribution in [0.2, 0.25) is 0 Å². The number of nitrogens with one attached hydrogen (secondary N) is 2. The highest BCUT2D eigenvalue weighted by molar-refractivity contribution is 7.98. The van der Waals surface area contributed by atoms with Crippen LogP contribution in [0.15, 0.2) is 57.2 Å². The lowest BCUT2D eigenvalue weighted by Crippen LogP contribution is -2.28. The van der Waals surface area contributed by atoms with Crippen LogP contribution in [0.5, 0.6) is 0 Å². The number of anilines is 1. The minimum absolute atomic E-state index is 0.0326. The summed E-state index contributed by atoms with van der Waals surface area (Å²) in [6.07, 6.45) is 3.42. The van der Waals surface area contributed by atoms with E-state index in [-0.39, 0.29) is 15.7 Å². The minimum Gasteiger partial charge on any atom is -0.325 e. The summed E-state index contributed by atoms with van der Waals surface area (Å²) in [5, 5.41) is 2.65. The van der Waals surface area contributed by atoms with E-state index in [9.17, 15) is 21.6 Å². The van der Waals surface area contributed by atoms with Crippen molar-refractivity contribution in [1.82, 2.24) is 4.72 Å². The van der Waals surface area contributed by atoms with E-state index < -0.39 is 25.9 Å². The van der Waals surface area contributed by atoms with Crippen molar-refractivity contribution in [3.8, 4) is 0 Å². The molecular formula is C19H24N2O5S3. The standard InChI is InChI=1S/C19H24N2O5S3/c1-5-17(14-6-8-15(9-7-14)28(4,23)24)21-29(25,26)16-10-11-19(27-3)18(12-16)20-13(2)22/h6-12,17,21H,5H2,1-4H3,(H,20,22)/t17-/m1/s1. The molecule has 0 aliphatic heterocycles. The van der Waals surface area contributed by atoms with Crippen LogP contribution in [0, 0.1) is 0 Å². The fraction of sp³-hybridized carbons (Fsp3) is 0.316. The summed E-state index contributed by atoms with van der Waals surface area (Å²) in [4.78, 5) is 12.4. The molecule has 0 bridgehead atoms. The van der Waals surface area contributed by atoms with Crippen molar-refractivity contribution in [2.75, 3.05) is 17.8 Å². The van der Waals surface area contributed by atoms with Gasteiger partial charge < -0.3 is 5.32 Å². The molecule has 2 aromatic rings. The van der Waals surface area contributed by atoms with E-state index in [4.69, 9.17) is 0 Å². The summed E-state index contributed by atoms with van der Waals surface area (Å²) in [6.45, 7) is 3.19. The number of rotatable bonds is 8. The molecule has 0 saturated heterocycles. The molecule has 0 heterocycles. The number of hydrogen-bond donors (Lipinski definition) is 2. The van der Waals surface area contributed by atoms with Crippen LogP contribution in [-0.4, -0.2) is 35.3 Å². The molecular weight excluding hydrogens is 432 g/mol. The molecule has 10 heteroatoms. The highest BCUT2D eigenvalue weighted by Crippen LogP contribution is 2.29. The van der Waals surface area contributed by atoms with Crippen LogP contribution in [-0.2, 0) is 24.7 Å². The predicted octanol–water partition coefficient (Wildman–Crippen LogP) is 3.20. The van der Waals surface area contributed by atoms with Crippen molar-refractivity contribution in [1.29, 1.82) is 0 Å². The second-order valence-corrected chi connectivity index (χ2v) is 11.0. The van der Waals surface area contributed by atoms with Crippen molar-refractivity contribution in [3.63, 3.8) is 0 Å². The fourth-order valence-electron chi connectivity index (χ4n) is 2.73. The first-order valence-electron chi connectivity index (χ1n) is 8.76. The Hall–Kier alpha value is -1.88. The van der Waals surface area contributed by atoms with Crippen LogP contribution in [0.4, 0.5) is 5.69 Å². The second kappa shape index (κ2) is 9.29. The van der Waals surface area contributed by atoms with Gasteiger partial charge in [-0.25, -0.2) is 21.6 Å². The second-order valence-electron chi connectivity index (χ2n) is 6.47. The van der Waals surface area contributed by atoms with E-state index in [1.54, 1.807) is 18.2 Å². The third kappa shape index (κ3) is 6.05. The molecule has 0 unspecified atom stereocenters. The summed E-state index contributed by atoms with van der Waals surface area (Å²) in [5.74, 6) is -0.291. The summed E-state index contributed by atoms with van der Waals surface area (Å²) in [6, 6.07) is 10.2. The van der Waals surface area contributed by atoms with Crippen LogP contribution in [0.1, 0.15) is 31.9 Å². The van der Waals surface area contributed by atoms with Gasteiger partial charge in [0.15, 0.2) is 9.84 Å². The van der Waals surface area contributed by atoms with E-state index >= 15 is 0 Å². The van der Waals surface area contributed by atoms with E-state index in [0.717, 1.165) is 11.2 Å². The molecule has 0 spiro atoms. The van der Waals surface area contributed by atoms with Gasteiger partial charge >= 0.3 is 0 Å². The zero-order valence-electron chi connectivity index (χ0n) is 16.6. The molecule has 7 nitrogen and oxygen atoms in total. The van der Waals surface area contributed by atoms with Gasteiger partial charge in [-0.2, -0.15) is 0 Å². The molecule has 0 fully saturated rings. The first-order valence-corrected chi connectivity index (χ1v) is 13.4. The lowest BCUT2D eigenvalue weighted by Gasteiger charge is -2.19. The Labute approximate surface area is 176 Å². The Morgan fingerprint density at radius 3 is 2.10 bits per heavy atom. The average Bonchev–Trinajstić information content (AvgIpc) is 2.65. The molecule has 0 aromatic heterocycles. The Balaban J connectivity index is 2.34. The molecule has 29 heavy (non-hydrogen) atoms. The number of carbonyl (C=O) groups excluding carboxylic acids is 1. The third-order valence-electron chi connectivity index (χ3n) is 4.21. The number of amides is 1. The Bertz CT molecular complexity index is 1100. The first-order chi connectivity index (χ1) is 13.5. The molecule has 158 valence electrons. The van der Waals surface area contributed by atoms with Gasteiger partial charge in [0.05, 0.1) is 15.5 Å². The van der Waals surface area contributed by atoms with Crippen molar-refractivity contribution < 1.29 is 21.6 Å². The van der Waals surface area contributed by atoms with Gasteiger partial charge in [0.1, 0.15) is 0 Å². The molecule has 2 aromatic carbocycles. The fourth-order valence-corrected chi connectivity index (χ4v) is 5.23. The number of thioether (sulfide) groups is 1. The normalized spacial score (nSPS) is 13.1. The first kappa shape index (κ1) is 23.4. The number of benzene rings is 2. The summed E-state index contributed by atoms with van der Waals surface area (Å²) < 4.78 is 51.7. The summed E-state index contributed by atoms with van der Waals surface area (Å²) in [7, 11) is -7.20. The Morgan fingerprint density at radius 1 is 1.03 bits per heavy atom. The van der Waals surface area contributed by atoms with Crippen LogP contribution < -0.4 is 10.0 Å². The molecule has 2 rings (SSSR count). The molecule has 0 radical (unpaired) electrons. The van der Waals surface area contributed by atoms with E-state index in [2.05, 4.69) is 10.0 Å². The highest BCUT2D eigenvalue weighted by Gasteiger charge is 2.22. The quantitative estimate of drug-likeness (QED) is 0.591. The molecule has 0 aliphatic rings. The van der Waals surface area contributed by atoms with Gasteiger partial charge in [-0.1, -0.05) is 19.1 Å². The molecule has 2 N–H and O–H groups in total. The smallest absolute Gasteiger partial charge is 0.241 e. The maximum atomic E-state index is 12.9. The van der Waals surface area contributed by atoms with E-state index in [0.29, 0.717) is 17.7 Å². The van der Waals surface area contributed by atoms with E-state index in [1.165, 1.54) is 43.0 Å². The zero-order chi connectivity index (χ0) is 21.8. The predicted molar refractivity (Wildman–Crippen MR) is 115 cm³/mol. The maximum absolute atomic E-state index is 12.9. The number of sulfone groups is 1. The number of sulfonamides is 1. The maximum Gasteiger partial charge on any atom is 0.241 e. The van der Waals surface area contributed by atoms with Gasteiger partial charge in [0.2, 0.25) is 15.9 Å². The van der Waals surface area contributed by atoms with Crippen molar-refractivity contribution >= 4 is 43.2 Å². The van der Waals surface area contributed by atoms with Gasteiger partial charge in [-0.15, -0.1) is 11.8 Å².